The molecule has 194 valence electrons. The molecular formula is C32H26FN3O3. The van der Waals surface area contributed by atoms with Crippen molar-refractivity contribution in [1.82, 2.24) is 9.78 Å². The first-order valence-electron chi connectivity index (χ1n) is 12.4. The number of esters is 1. The maximum atomic E-state index is 14.2. The van der Waals surface area contributed by atoms with E-state index in [1.54, 1.807) is 53.2 Å². The van der Waals surface area contributed by atoms with Crippen molar-refractivity contribution < 1.29 is 18.7 Å². The second kappa shape index (κ2) is 10.8. The summed E-state index contributed by atoms with van der Waals surface area (Å²) in [4.78, 5) is 24.9. The van der Waals surface area contributed by atoms with Gasteiger partial charge in [-0.15, -0.1) is 0 Å². The summed E-state index contributed by atoms with van der Waals surface area (Å²) < 4.78 is 21.5. The number of carbonyl (C=O) groups is 2. The molecule has 1 aromatic heterocycles. The Morgan fingerprint density at radius 2 is 1.46 bits per heavy atom. The lowest BCUT2D eigenvalue weighted by Gasteiger charge is -2.11. The van der Waals surface area contributed by atoms with Crippen LogP contribution in [0.5, 0.6) is 5.88 Å². The largest absolute Gasteiger partial charge is 0.407 e. The fraction of sp³-hybridized carbons (Fsp3) is 0.0938. The van der Waals surface area contributed by atoms with E-state index in [-0.39, 0.29) is 11.8 Å². The number of nitrogens with zero attached hydrogens (tertiary/aromatic N) is 2. The van der Waals surface area contributed by atoms with Gasteiger partial charge in [0.2, 0.25) is 5.88 Å². The second-order valence-corrected chi connectivity index (χ2v) is 9.28. The molecule has 5 aromatic rings. The maximum Gasteiger partial charge on any atom is 0.309 e. The van der Waals surface area contributed by atoms with Crippen LogP contribution in [0.25, 0.3) is 28.1 Å². The van der Waals surface area contributed by atoms with Gasteiger partial charge in [-0.05, 0) is 67.9 Å². The van der Waals surface area contributed by atoms with Crippen molar-refractivity contribution in [3.05, 3.63) is 120 Å². The zero-order chi connectivity index (χ0) is 27.5. The minimum absolute atomic E-state index is 0.210. The number of carbonyl (C=O) groups excluding carboxylic acids is 2. The van der Waals surface area contributed by atoms with Gasteiger partial charge < -0.3 is 10.1 Å². The Morgan fingerprint density at radius 1 is 0.821 bits per heavy atom. The van der Waals surface area contributed by atoms with E-state index in [1.807, 2.05) is 50.2 Å². The standard InChI is InChI=1S/C32H26FN3O3/c1-20-7-11-24(12-8-20)31(38)34-27-15-13-23(14-16-27)29-30(25-5-4-6-26(33)19-25)35-36(32(29)39-22(3)37)28-17-9-21(2)10-18-28/h4-19H,1-3H3,(H,34,38). The number of aryl methyl sites for hydroxylation is 2. The Morgan fingerprint density at radius 3 is 2.08 bits per heavy atom. The highest BCUT2D eigenvalue weighted by molar-refractivity contribution is 6.04. The molecule has 0 aliphatic rings. The first-order valence-corrected chi connectivity index (χ1v) is 12.4. The average molecular weight is 520 g/mol. The van der Waals surface area contributed by atoms with Crippen molar-refractivity contribution in [2.45, 2.75) is 20.8 Å². The Balaban J connectivity index is 1.60. The molecule has 0 atom stereocenters. The van der Waals surface area contributed by atoms with Crippen molar-refractivity contribution in [2.24, 2.45) is 0 Å². The SMILES string of the molecule is CC(=O)Oc1c(-c2ccc(NC(=O)c3ccc(C)cc3)cc2)c(-c2cccc(F)c2)nn1-c1ccc(C)cc1. The van der Waals surface area contributed by atoms with Gasteiger partial charge in [0, 0.05) is 23.7 Å². The monoisotopic (exact) mass is 519 g/mol. The molecule has 0 radical (unpaired) electrons. The number of aromatic nitrogens is 2. The second-order valence-electron chi connectivity index (χ2n) is 9.28. The lowest BCUT2D eigenvalue weighted by Crippen LogP contribution is -2.11. The Kier molecular flexibility index (Phi) is 7.06. The van der Waals surface area contributed by atoms with E-state index in [1.165, 1.54) is 19.1 Å². The summed E-state index contributed by atoms with van der Waals surface area (Å²) in [5.41, 5.74) is 6.14. The van der Waals surface area contributed by atoms with Crippen LogP contribution in [-0.2, 0) is 4.79 Å². The molecule has 5 rings (SSSR count). The summed E-state index contributed by atoms with van der Waals surface area (Å²) in [6, 6.07) is 28.2. The Labute approximate surface area is 225 Å². The van der Waals surface area contributed by atoms with Gasteiger partial charge in [0.25, 0.3) is 5.91 Å². The molecule has 1 N–H and O–H groups in total. The van der Waals surface area contributed by atoms with Crippen LogP contribution in [0.2, 0.25) is 0 Å². The van der Waals surface area contributed by atoms with Crippen LogP contribution < -0.4 is 10.1 Å². The van der Waals surface area contributed by atoms with Gasteiger partial charge in [-0.25, -0.2) is 4.39 Å². The quantitative estimate of drug-likeness (QED) is 0.242. The third kappa shape index (κ3) is 5.62. The maximum absolute atomic E-state index is 14.2. The molecule has 0 aliphatic heterocycles. The molecule has 1 amide bonds. The van der Waals surface area contributed by atoms with Gasteiger partial charge in [0.1, 0.15) is 11.5 Å². The summed E-state index contributed by atoms with van der Waals surface area (Å²) in [6.45, 7) is 5.26. The topological polar surface area (TPSA) is 73.2 Å². The summed E-state index contributed by atoms with van der Waals surface area (Å²) in [6.07, 6.45) is 0. The van der Waals surface area contributed by atoms with E-state index >= 15 is 0 Å². The number of rotatable bonds is 6. The van der Waals surface area contributed by atoms with Crippen molar-refractivity contribution in [3.63, 3.8) is 0 Å². The number of ether oxygens (including phenoxy) is 1. The molecule has 0 spiro atoms. The van der Waals surface area contributed by atoms with Gasteiger partial charge in [-0.3, -0.25) is 9.59 Å². The number of hydrogen-bond acceptors (Lipinski definition) is 4. The average Bonchev–Trinajstić information content (AvgIpc) is 3.28. The fourth-order valence-electron chi connectivity index (χ4n) is 4.22. The molecule has 6 nitrogen and oxygen atoms in total. The number of hydrogen-bond donors (Lipinski definition) is 1. The summed E-state index contributed by atoms with van der Waals surface area (Å²) in [7, 11) is 0. The highest BCUT2D eigenvalue weighted by Gasteiger charge is 2.25. The smallest absolute Gasteiger partial charge is 0.309 e. The lowest BCUT2D eigenvalue weighted by atomic mass is 10.0. The first kappa shape index (κ1) is 25.6. The van der Waals surface area contributed by atoms with Crippen LogP contribution in [0.3, 0.4) is 0 Å². The van der Waals surface area contributed by atoms with Crippen molar-refractivity contribution >= 4 is 17.6 Å². The van der Waals surface area contributed by atoms with Crippen LogP contribution in [0.1, 0.15) is 28.4 Å². The van der Waals surface area contributed by atoms with E-state index in [0.29, 0.717) is 39.3 Å². The third-order valence-corrected chi connectivity index (χ3v) is 6.21. The van der Waals surface area contributed by atoms with Gasteiger partial charge >= 0.3 is 5.97 Å². The zero-order valence-electron chi connectivity index (χ0n) is 21.7. The fourth-order valence-corrected chi connectivity index (χ4v) is 4.22. The highest BCUT2D eigenvalue weighted by atomic mass is 19.1. The Bertz CT molecular complexity index is 1660. The lowest BCUT2D eigenvalue weighted by molar-refractivity contribution is -0.132. The van der Waals surface area contributed by atoms with Gasteiger partial charge in [0.15, 0.2) is 0 Å². The normalized spacial score (nSPS) is 10.8. The van der Waals surface area contributed by atoms with E-state index < -0.39 is 11.8 Å². The molecule has 0 unspecified atom stereocenters. The summed E-state index contributed by atoms with van der Waals surface area (Å²) in [5.74, 6) is -0.943. The minimum atomic E-state index is -0.516. The van der Waals surface area contributed by atoms with Crippen LogP contribution in [-0.4, -0.2) is 21.7 Å². The number of nitrogens with one attached hydrogen (secondary N) is 1. The molecule has 4 aromatic carbocycles. The Hall–Kier alpha value is -5.04. The van der Waals surface area contributed by atoms with Crippen LogP contribution >= 0.6 is 0 Å². The van der Waals surface area contributed by atoms with Crippen LogP contribution in [0.15, 0.2) is 97.1 Å². The number of amides is 1. The van der Waals surface area contributed by atoms with Crippen molar-refractivity contribution in [3.8, 4) is 34.0 Å². The third-order valence-electron chi connectivity index (χ3n) is 6.21. The molecule has 0 fully saturated rings. The van der Waals surface area contributed by atoms with Crippen LogP contribution in [0.4, 0.5) is 10.1 Å². The first-order chi connectivity index (χ1) is 18.8. The number of halogens is 1. The molecule has 39 heavy (non-hydrogen) atoms. The molecule has 7 heteroatoms. The van der Waals surface area contributed by atoms with E-state index in [9.17, 15) is 14.0 Å². The minimum Gasteiger partial charge on any atom is -0.407 e. The molecule has 0 aliphatic carbocycles. The molecule has 0 saturated heterocycles. The molecular weight excluding hydrogens is 493 g/mol. The van der Waals surface area contributed by atoms with Crippen molar-refractivity contribution in [1.29, 1.82) is 0 Å². The molecule has 1 heterocycles. The van der Waals surface area contributed by atoms with Crippen molar-refractivity contribution in [2.75, 3.05) is 5.32 Å². The summed E-state index contributed by atoms with van der Waals surface area (Å²) >= 11 is 0. The zero-order valence-corrected chi connectivity index (χ0v) is 21.7. The van der Waals surface area contributed by atoms with Gasteiger partial charge in [-0.2, -0.15) is 9.78 Å². The van der Waals surface area contributed by atoms with Gasteiger partial charge in [0.05, 0.1) is 11.3 Å². The van der Waals surface area contributed by atoms with Crippen LogP contribution in [0, 0.1) is 19.7 Å². The number of anilines is 1. The number of benzene rings is 4. The van der Waals surface area contributed by atoms with E-state index in [0.717, 1.165) is 11.1 Å². The predicted molar refractivity (Wildman–Crippen MR) is 150 cm³/mol. The molecule has 0 saturated carbocycles. The molecule has 0 bridgehead atoms. The van der Waals surface area contributed by atoms with E-state index in [4.69, 9.17) is 9.84 Å². The summed E-state index contributed by atoms with van der Waals surface area (Å²) in [5, 5.41) is 7.67. The van der Waals surface area contributed by atoms with E-state index in [2.05, 4.69) is 5.32 Å². The highest BCUT2D eigenvalue weighted by Crippen LogP contribution is 2.41. The predicted octanol–water partition coefficient (Wildman–Crippen LogP) is 7.14. The van der Waals surface area contributed by atoms with Gasteiger partial charge in [-0.1, -0.05) is 59.7 Å².